The number of rotatable bonds is 1. The van der Waals surface area contributed by atoms with Crippen LogP contribution in [0, 0.1) is 17.2 Å². The summed E-state index contributed by atoms with van der Waals surface area (Å²) < 4.78 is 0. The molecule has 1 heterocycles. The number of nitrogen functional groups attached to an aromatic ring is 1. The van der Waals surface area contributed by atoms with Crippen LogP contribution in [0.4, 0.5) is 5.00 Å². The van der Waals surface area contributed by atoms with Gasteiger partial charge in [-0.2, -0.15) is 5.26 Å². The molecule has 1 aromatic rings. The summed E-state index contributed by atoms with van der Waals surface area (Å²) in [6, 6.07) is 2.22. The van der Waals surface area contributed by atoms with E-state index in [1.807, 2.05) is 0 Å². The van der Waals surface area contributed by atoms with Gasteiger partial charge in [0.2, 0.25) is 0 Å². The Kier molecular flexibility index (Phi) is 2.47. The van der Waals surface area contributed by atoms with Gasteiger partial charge in [0.1, 0.15) is 11.1 Å². The Balaban J connectivity index is 2.37. The second kappa shape index (κ2) is 3.62. The van der Waals surface area contributed by atoms with Crippen molar-refractivity contribution < 1.29 is 0 Å². The molecule has 1 aliphatic carbocycles. The summed E-state index contributed by atoms with van der Waals surface area (Å²) in [6.45, 7) is 2.23. The minimum absolute atomic E-state index is 0.717. The van der Waals surface area contributed by atoms with E-state index in [-0.39, 0.29) is 0 Å². The van der Waals surface area contributed by atoms with Crippen molar-refractivity contribution >= 4 is 16.3 Å². The minimum Gasteiger partial charge on any atom is -0.389 e. The van der Waals surface area contributed by atoms with E-state index in [4.69, 9.17) is 11.0 Å². The molecular formula is C11H14N2S. The number of thiophene rings is 1. The molecule has 0 radical (unpaired) electrons. The Morgan fingerprint density at radius 3 is 3.07 bits per heavy atom. The lowest BCUT2D eigenvalue weighted by Crippen LogP contribution is -2.11. The summed E-state index contributed by atoms with van der Waals surface area (Å²) in [4.78, 5) is 1.36. The molecule has 2 rings (SSSR count). The molecule has 14 heavy (non-hydrogen) atoms. The lowest BCUT2D eigenvalue weighted by molar-refractivity contribution is 0.450. The van der Waals surface area contributed by atoms with E-state index >= 15 is 0 Å². The molecule has 2 nitrogen and oxygen atoms in total. The van der Waals surface area contributed by atoms with Crippen LogP contribution in [-0.4, -0.2) is 0 Å². The van der Waals surface area contributed by atoms with Crippen molar-refractivity contribution in [1.82, 2.24) is 0 Å². The first-order chi connectivity index (χ1) is 6.76. The molecule has 0 saturated heterocycles. The fourth-order valence-corrected chi connectivity index (χ4v) is 3.33. The largest absolute Gasteiger partial charge is 0.389 e. The monoisotopic (exact) mass is 206 g/mol. The first-order valence-electron chi connectivity index (χ1n) is 5.06. The number of fused-ring (bicyclic) bond motifs is 1. The fourth-order valence-electron chi connectivity index (χ4n) is 2.15. The smallest absolute Gasteiger partial charge is 0.104 e. The van der Waals surface area contributed by atoms with E-state index in [0.717, 1.165) is 24.3 Å². The summed E-state index contributed by atoms with van der Waals surface area (Å²) in [7, 11) is 0. The average Bonchev–Trinajstić information content (AvgIpc) is 2.51. The summed E-state index contributed by atoms with van der Waals surface area (Å²) in [5.41, 5.74) is 7.80. The Labute approximate surface area is 88.4 Å². The van der Waals surface area contributed by atoms with Crippen LogP contribution in [0.3, 0.4) is 0 Å². The highest BCUT2D eigenvalue weighted by molar-refractivity contribution is 7.16. The molecule has 0 spiro atoms. The molecule has 0 fully saturated rings. The van der Waals surface area contributed by atoms with Crippen molar-refractivity contribution in [2.75, 3.05) is 5.73 Å². The van der Waals surface area contributed by atoms with Crippen LogP contribution < -0.4 is 5.73 Å². The van der Waals surface area contributed by atoms with Crippen molar-refractivity contribution in [3.8, 4) is 6.07 Å². The Morgan fingerprint density at radius 2 is 2.43 bits per heavy atom. The second-order valence-electron chi connectivity index (χ2n) is 3.87. The summed E-state index contributed by atoms with van der Waals surface area (Å²) >= 11 is 1.62. The van der Waals surface area contributed by atoms with Gasteiger partial charge in [0.15, 0.2) is 0 Å². The van der Waals surface area contributed by atoms with Gasteiger partial charge in [-0.15, -0.1) is 11.3 Å². The third kappa shape index (κ3) is 1.40. The van der Waals surface area contributed by atoms with Crippen LogP contribution in [0.25, 0.3) is 0 Å². The summed E-state index contributed by atoms with van der Waals surface area (Å²) in [5.74, 6) is 0.798. The molecule has 0 amide bonds. The number of anilines is 1. The molecule has 2 N–H and O–H groups in total. The van der Waals surface area contributed by atoms with E-state index in [9.17, 15) is 0 Å². The van der Waals surface area contributed by atoms with Crippen molar-refractivity contribution in [3.05, 3.63) is 16.0 Å². The third-order valence-corrected chi connectivity index (χ3v) is 4.17. The van der Waals surface area contributed by atoms with Crippen LogP contribution in [0.15, 0.2) is 0 Å². The lowest BCUT2D eigenvalue weighted by Gasteiger charge is -2.20. The lowest BCUT2D eigenvalue weighted by atomic mass is 9.86. The van der Waals surface area contributed by atoms with Gasteiger partial charge in [0, 0.05) is 4.88 Å². The van der Waals surface area contributed by atoms with Crippen molar-refractivity contribution in [2.45, 2.75) is 32.6 Å². The zero-order valence-corrected chi connectivity index (χ0v) is 9.16. The molecule has 1 atom stereocenters. The quantitative estimate of drug-likeness (QED) is 0.768. The maximum Gasteiger partial charge on any atom is 0.104 e. The summed E-state index contributed by atoms with van der Waals surface area (Å²) in [6.07, 6.45) is 4.63. The van der Waals surface area contributed by atoms with E-state index < -0.39 is 0 Å². The number of nitrogens with two attached hydrogens (primary N) is 1. The zero-order valence-electron chi connectivity index (χ0n) is 8.34. The molecular weight excluding hydrogens is 192 g/mol. The van der Waals surface area contributed by atoms with Gasteiger partial charge in [-0.1, -0.05) is 13.3 Å². The van der Waals surface area contributed by atoms with E-state index in [1.165, 1.54) is 23.3 Å². The fraction of sp³-hybridized carbons (Fsp3) is 0.545. The van der Waals surface area contributed by atoms with Gasteiger partial charge in [0.25, 0.3) is 0 Å². The van der Waals surface area contributed by atoms with E-state index in [1.54, 1.807) is 11.3 Å². The second-order valence-corrected chi connectivity index (χ2v) is 5.01. The van der Waals surface area contributed by atoms with Crippen LogP contribution in [0.1, 0.15) is 35.8 Å². The number of hydrogen-bond donors (Lipinski definition) is 1. The van der Waals surface area contributed by atoms with Crippen LogP contribution in [-0.2, 0) is 12.8 Å². The highest BCUT2D eigenvalue weighted by Crippen LogP contribution is 2.38. The van der Waals surface area contributed by atoms with Crippen LogP contribution >= 0.6 is 11.3 Å². The predicted octanol–water partition coefficient (Wildman–Crippen LogP) is 2.72. The molecule has 0 saturated carbocycles. The normalized spacial score (nSPS) is 20.1. The number of nitrogens with zero attached hydrogens (tertiary/aromatic N) is 1. The minimum atomic E-state index is 0.717. The zero-order chi connectivity index (χ0) is 10.1. The van der Waals surface area contributed by atoms with Crippen molar-refractivity contribution in [3.63, 3.8) is 0 Å². The summed E-state index contributed by atoms with van der Waals surface area (Å²) in [5, 5.41) is 9.68. The third-order valence-electron chi connectivity index (χ3n) is 3.08. The van der Waals surface area contributed by atoms with Crippen LogP contribution in [0.2, 0.25) is 0 Å². The maximum atomic E-state index is 8.96. The van der Waals surface area contributed by atoms with Crippen molar-refractivity contribution in [2.24, 2.45) is 5.92 Å². The van der Waals surface area contributed by atoms with Gasteiger partial charge in [-0.05, 0) is 30.7 Å². The van der Waals surface area contributed by atoms with E-state index in [0.29, 0.717) is 5.00 Å². The van der Waals surface area contributed by atoms with Gasteiger partial charge in [-0.3, -0.25) is 0 Å². The standard InChI is InChI=1S/C11H14N2S/c1-2-7-3-4-8-9(6-12)11(13)14-10(8)5-7/h7H,2-5,13H2,1H3. The number of nitriles is 1. The highest BCUT2D eigenvalue weighted by Gasteiger charge is 2.23. The van der Waals surface area contributed by atoms with Gasteiger partial charge in [0.05, 0.1) is 5.56 Å². The molecule has 0 bridgehead atoms. The highest BCUT2D eigenvalue weighted by atomic mass is 32.1. The predicted molar refractivity (Wildman–Crippen MR) is 59.3 cm³/mol. The molecule has 1 aromatic heterocycles. The topological polar surface area (TPSA) is 49.8 Å². The molecule has 0 aromatic carbocycles. The average molecular weight is 206 g/mol. The van der Waals surface area contributed by atoms with Crippen molar-refractivity contribution in [1.29, 1.82) is 5.26 Å². The first-order valence-corrected chi connectivity index (χ1v) is 5.88. The maximum absolute atomic E-state index is 8.96. The van der Waals surface area contributed by atoms with Gasteiger partial charge in [-0.25, -0.2) is 0 Å². The molecule has 0 aliphatic heterocycles. The Morgan fingerprint density at radius 1 is 1.64 bits per heavy atom. The first kappa shape index (κ1) is 9.54. The van der Waals surface area contributed by atoms with E-state index in [2.05, 4.69) is 13.0 Å². The molecule has 1 unspecified atom stereocenters. The van der Waals surface area contributed by atoms with Crippen LogP contribution in [0.5, 0.6) is 0 Å². The van der Waals surface area contributed by atoms with Gasteiger partial charge < -0.3 is 5.73 Å². The SMILES string of the molecule is CCC1CCc2c(sc(N)c2C#N)C1. The Bertz CT molecular complexity index is 387. The molecule has 1 aliphatic rings. The molecule has 74 valence electrons. The Hall–Kier alpha value is -1.01. The molecule has 3 heteroatoms. The van der Waals surface area contributed by atoms with Gasteiger partial charge >= 0.3 is 0 Å². The number of hydrogen-bond acceptors (Lipinski definition) is 3.